The Bertz CT molecular complexity index is 475. The van der Waals surface area contributed by atoms with Gasteiger partial charge in [-0.25, -0.2) is 0 Å². The second kappa shape index (κ2) is 4.54. The molecule has 4 saturated carbocycles. The van der Waals surface area contributed by atoms with E-state index < -0.39 is 0 Å². The van der Waals surface area contributed by atoms with Crippen molar-refractivity contribution in [3.05, 3.63) is 29.6 Å². The number of aromatic nitrogens is 1. The van der Waals surface area contributed by atoms with E-state index in [1.54, 1.807) is 0 Å². The van der Waals surface area contributed by atoms with E-state index in [9.17, 15) is 0 Å². The smallest absolute Gasteiger partial charge is 0.0534 e. The predicted octanol–water partition coefficient (Wildman–Crippen LogP) is 3.11. The number of nitrogens with zero attached hydrogens (tertiary/aromatic N) is 1. The molecule has 1 atom stereocenters. The quantitative estimate of drug-likeness (QED) is 0.656. The Morgan fingerprint density at radius 3 is 2.30 bits per heavy atom. The van der Waals surface area contributed by atoms with Crippen molar-refractivity contribution in [2.75, 3.05) is 0 Å². The Morgan fingerprint density at radius 2 is 1.80 bits per heavy atom. The average molecular weight is 271 g/mol. The third-order valence-electron chi connectivity index (χ3n) is 6.26. The van der Waals surface area contributed by atoms with Gasteiger partial charge in [0, 0.05) is 12.4 Å². The van der Waals surface area contributed by atoms with E-state index in [-0.39, 0.29) is 6.04 Å². The summed E-state index contributed by atoms with van der Waals surface area (Å²) in [6.45, 7) is 2.18. The first-order chi connectivity index (χ1) is 9.70. The Hall–Kier alpha value is -0.930. The van der Waals surface area contributed by atoms with Gasteiger partial charge >= 0.3 is 0 Å². The first kappa shape index (κ1) is 12.8. The molecule has 4 aliphatic rings. The molecule has 4 aliphatic carbocycles. The van der Waals surface area contributed by atoms with Crippen LogP contribution in [0.2, 0.25) is 0 Å². The normalized spacial score (nSPS) is 40.0. The molecule has 5 rings (SSSR count). The fourth-order valence-electron chi connectivity index (χ4n) is 5.91. The summed E-state index contributed by atoms with van der Waals surface area (Å²) >= 11 is 0. The lowest BCUT2D eigenvalue weighted by atomic mass is 9.47. The first-order valence-electron chi connectivity index (χ1n) is 8.07. The summed E-state index contributed by atoms with van der Waals surface area (Å²) in [5.41, 5.74) is 6.20. The van der Waals surface area contributed by atoms with E-state index in [4.69, 9.17) is 5.84 Å². The Labute approximate surface area is 121 Å². The summed E-state index contributed by atoms with van der Waals surface area (Å²) in [7, 11) is 0. The standard InChI is InChI=1S/C17H25N3/c1-11-2-3-19-10-15(11)16(20-18)17-7-12-4-13(8-17)6-14(5-12)9-17/h2-3,10,12-14,16,20H,4-9,18H2,1H3. The number of pyridine rings is 1. The highest BCUT2D eigenvalue weighted by atomic mass is 15.2. The molecule has 0 saturated heterocycles. The van der Waals surface area contributed by atoms with E-state index in [2.05, 4.69) is 23.4 Å². The molecule has 3 nitrogen and oxygen atoms in total. The van der Waals surface area contributed by atoms with Crippen molar-refractivity contribution in [1.82, 2.24) is 10.4 Å². The van der Waals surface area contributed by atoms with Gasteiger partial charge in [0.15, 0.2) is 0 Å². The van der Waals surface area contributed by atoms with Gasteiger partial charge in [0.25, 0.3) is 0 Å². The maximum Gasteiger partial charge on any atom is 0.0534 e. The number of nitrogens with one attached hydrogen (secondary N) is 1. The van der Waals surface area contributed by atoms with Crippen molar-refractivity contribution >= 4 is 0 Å². The summed E-state index contributed by atoms with van der Waals surface area (Å²) in [6, 6.07) is 2.39. The molecule has 0 aliphatic heterocycles. The molecule has 20 heavy (non-hydrogen) atoms. The summed E-state index contributed by atoms with van der Waals surface area (Å²) < 4.78 is 0. The van der Waals surface area contributed by atoms with Crippen LogP contribution < -0.4 is 11.3 Å². The summed E-state index contributed by atoms with van der Waals surface area (Å²) in [4.78, 5) is 4.35. The van der Waals surface area contributed by atoms with Gasteiger partial charge in [-0.3, -0.25) is 16.3 Å². The maximum atomic E-state index is 6.02. The molecular weight excluding hydrogens is 246 g/mol. The Kier molecular flexibility index (Phi) is 2.90. The SMILES string of the molecule is Cc1ccncc1C(NN)C12CC3CC(CC(C3)C1)C2. The fourth-order valence-corrected chi connectivity index (χ4v) is 5.91. The number of aryl methyl sites for hydroxylation is 1. The number of hydrogen-bond donors (Lipinski definition) is 2. The average Bonchev–Trinajstić information content (AvgIpc) is 2.40. The van der Waals surface area contributed by atoms with Crippen LogP contribution in [0.25, 0.3) is 0 Å². The second-order valence-corrected chi connectivity index (χ2v) is 7.61. The van der Waals surface area contributed by atoms with Crippen LogP contribution in [-0.2, 0) is 0 Å². The van der Waals surface area contributed by atoms with Crippen LogP contribution >= 0.6 is 0 Å². The van der Waals surface area contributed by atoms with Crippen molar-refractivity contribution in [1.29, 1.82) is 0 Å². The van der Waals surface area contributed by atoms with Crippen molar-refractivity contribution in [3.8, 4) is 0 Å². The largest absolute Gasteiger partial charge is 0.271 e. The van der Waals surface area contributed by atoms with Crippen molar-refractivity contribution in [3.63, 3.8) is 0 Å². The van der Waals surface area contributed by atoms with Crippen molar-refractivity contribution < 1.29 is 0 Å². The molecule has 4 fully saturated rings. The second-order valence-electron chi connectivity index (χ2n) is 7.61. The molecular formula is C17H25N3. The molecule has 1 aromatic rings. The lowest BCUT2D eigenvalue weighted by Crippen LogP contribution is -2.53. The minimum Gasteiger partial charge on any atom is -0.271 e. The predicted molar refractivity (Wildman–Crippen MR) is 79.6 cm³/mol. The Morgan fingerprint density at radius 1 is 1.20 bits per heavy atom. The van der Waals surface area contributed by atoms with Gasteiger partial charge in [-0.1, -0.05) is 0 Å². The lowest BCUT2D eigenvalue weighted by molar-refractivity contribution is -0.0751. The van der Waals surface area contributed by atoms with Gasteiger partial charge in [0.2, 0.25) is 0 Å². The maximum absolute atomic E-state index is 6.02. The third-order valence-corrected chi connectivity index (χ3v) is 6.26. The molecule has 3 heteroatoms. The first-order valence-corrected chi connectivity index (χ1v) is 8.07. The highest BCUT2D eigenvalue weighted by molar-refractivity contribution is 5.28. The van der Waals surface area contributed by atoms with Gasteiger partial charge in [0.05, 0.1) is 6.04 Å². The highest BCUT2D eigenvalue weighted by Crippen LogP contribution is 2.63. The van der Waals surface area contributed by atoms with Gasteiger partial charge in [0.1, 0.15) is 0 Å². The van der Waals surface area contributed by atoms with Crippen LogP contribution in [0.1, 0.15) is 55.7 Å². The van der Waals surface area contributed by atoms with E-state index in [0.717, 1.165) is 17.8 Å². The van der Waals surface area contributed by atoms with Crippen LogP contribution in [0.15, 0.2) is 18.5 Å². The van der Waals surface area contributed by atoms with Gasteiger partial charge in [-0.2, -0.15) is 0 Å². The molecule has 0 amide bonds. The minimum absolute atomic E-state index is 0.282. The minimum atomic E-state index is 0.282. The number of nitrogens with two attached hydrogens (primary N) is 1. The molecule has 1 unspecified atom stereocenters. The molecule has 4 bridgehead atoms. The van der Waals surface area contributed by atoms with E-state index >= 15 is 0 Å². The van der Waals surface area contributed by atoms with Crippen LogP contribution in [0.4, 0.5) is 0 Å². The summed E-state index contributed by atoms with van der Waals surface area (Å²) in [6.07, 6.45) is 12.4. The van der Waals surface area contributed by atoms with Gasteiger partial charge in [-0.15, -0.1) is 0 Å². The van der Waals surface area contributed by atoms with E-state index in [1.807, 2.05) is 12.4 Å². The number of rotatable bonds is 3. The van der Waals surface area contributed by atoms with Crippen molar-refractivity contribution in [2.45, 2.75) is 51.5 Å². The zero-order valence-corrected chi connectivity index (χ0v) is 12.3. The van der Waals surface area contributed by atoms with Gasteiger partial charge in [-0.05, 0) is 85.8 Å². The Balaban J connectivity index is 1.73. The zero-order valence-electron chi connectivity index (χ0n) is 12.3. The summed E-state index contributed by atoms with van der Waals surface area (Å²) in [5.74, 6) is 8.88. The molecule has 0 aromatic carbocycles. The molecule has 1 heterocycles. The van der Waals surface area contributed by atoms with Gasteiger partial charge < -0.3 is 0 Å². The third kappa shape index (κ3) is 1.83. The van der Waals surface area contributed by atoms with Crippen LogP contribution in [0.3, 0.4) is 0 Å². The van der Waals surface area contributed by atoms with E-state index in [1.165, 1.54) is 49.7 Å². The molecule has 3 N–H and O–H groups in total. The highest BCUT2D eigenvalue weighted by Gasteiger charge is 2.54. The number of hydrazine groups is 1. The fraction of sp³-hybridized carbons (Fsp3) is 0.706. The van der Waals surface area contributed by atoms with Crippen LogP contribution in [0.5, 0.6) is 0 Å². The number of hydrogen-bond acceptors (Lipinski definition) is 3. The monoisotopic (exact) mass is 271 g/mol. The zero-order chi connectivity index (χ0) is 13.7. The molecule has 0 radical (unpaired) electrons. The van der Waals surface area contributed by atoms with E-state index in [0.29, 0.717) is 5.41 Å². The molecule has 1 aromatic heterocycles. The van der Waals surface area contributed by atoms with Crippen LogP contribution in [-0.4, -0.2) is 4.98 Å². The molecule has 0 spiro atoms. The van der Waals surface area contributed by atoms with Crippen molar-refractivity contribution in [2.24, 2.45) is 29.0 Å². The molecule has 108 valence electrons. The summed E-state index contributed by atoms with van der Waals surface area (Å²) in [5, 5.41) is 0. The topological polar surface area (TPSA) is 50.9 Å². The van der Waals surface area contributed by atoms with Crippen LogP contribution in [0, 0.1) is 30.1 Å². The lowest BCUT2D eigenvalue weighted by Gasteiger charge is -2.59.